The summed E-state index contributed by atoms with van der Waals surface area (Å²) in [5.74, 6) is -0.394. The van der Waals surface area contributed by atoms with Gasteiger partial charge in [0, 0.05) is 16.8 Å². The molecule has 0 spiro atoms. The van der Waals surface area contributed by atoms with Gasteiger partial charge in [-0.25, -0.2) is 0 Å². The molecular formula is C17H16N6O2. The summed E-state index contributed by atoms with van der Waals surface area (Å²) < 4.78 is 0. The fraction of sp³-hybridized carbons (Fsp3) is 0.118. The Kier molecular flexibility index (Phi) is 4.51. The molecule has 0 fully saturated rings. The summed E-state index contributed by atoms with van der Waals surface area (Å²) in [4.78, 5) is 24.4. The third-order valence-electron chi connectivity index (χ3n) is 3.47. The molecule has 0 saturated heterocycles. The zero-order valence-corrected chi connectivity index (χ0v) is 13.5. The van der Waals surface area contributed by atoms with Gasteiger partial charge in [0.05, 0.1) is 0 Å². The smallest absolute Gasteiger partial charge is 0.248 e. The van der Waals surface area contributed by atoms with Gasteiger partial charge in [0.2, 0.25) is 17.6 Å². The molecule has 2 aromatic carbocycles. The van der Waals surface area contributed by atoms with E-state index in [4.69, 9.17) is 5.73 Å². The quantitative estimate of drug-likeness (QED) is 0.730. The van der Waals surface area contributed by atoms with Crippen LogP contribution in [0.3, 0.4) is 0 Å². The monoisotopic (exact) mass is 336 g/mol. The maximum atomic E-state index is 12.1. The Labute approximate surface area is 143 Å². The molecule has 3 N–H and O–H groups in total. The van der Waals surface area contributed by atoms with Crippen LogP contribution in [-0.4, -0.2) is 32.0 Å². The van der Waals surface area contributed by atoms with Gasteiger partial charge in [0.1, 0.15) is 6.54 Å². The molecule has 0 bridgehead atoms. The minimum absolute atomic E-state index is 0.0552. The minimum Gasteiger partial charge on any atom is -0.366 e. The second-order valence-corrected chi connectivity index (χ2v) is 5.50. The van der Waals surface area contributed by atoms with E-state index in [1.807, 2.05) is 31.2 Å². The number of benzene rings is 2. The molecule has 1 aromatic heterocycles. The summed E-state index contributed by atoms with van der Waals surface area (Å²) in [5, 5.41) is 14.7. The molecule has 0 unspecified atom stereocenters. The lowest BCUT2D eigenvalue weighted by Crippen LogP contribution is -2.20. The molecule has 0 aliphatic carbocycles. The molecule has 8 heteroatoms. The standard InChI is InChI=1S/C17H16N6O2/c1-11-3-2-4-14(9-11)19-15(24)10-23-21-17(20-22-23)13-7-5-12(6-8-13)16(18)25/h2-9H,10H2,1H3,(H2,18,25)(H,19,24). The molecular weight excluding hydrogens is 320 g/mol. The number of carbonyl (C=O) groups excluding carboxylic acids is 2. The minimum atomic E-state index is -0.504. The summed E-state index contributed by atoms with van der Waals surface area (Å²) in [7, 11) is 0. The second-order valence-electron chi connectivity index (χ2n) is 5.50. The maximum Gasteiger partial charge on any atom is 0.248 e. The van der Waals surface area contributed by atoms with Gasteiger partial charge >= 0.3 is 0 Å². The number of rotatable bonds is 5. The predicted molar refractivity (Wildman–Crippen MR) is 91.6 cm³/mol. The normalized spacial score (nSPS) is 10.4. The Bertz CT molecular complexity index is 917. The number of tetrazole rings is 1. The first-order valence-corrected chi connectivity index (χ1v) is 7.56. The molecule has 0 aliphatic rings. The Hall–Kier alpha value is -3.55. The van der Waals surface area contributed by atoms with Crippen LogP contribution in [0.25, 0.3) is 11.4 Å². The lowest BCUT2D eigenvalue weighted by molar-refractivity contribution is -0.117. The molecule has 0 radical (unpaired) electrons. The molecule has 1 heterocycles. The largest absolute Gasteiger partial charge is 0.366 e. The first-order valence-electron chi connectivity index (χ1n) is 7.56. The van der Waals surface area contributed by atoms with E-state index in [-0.39, 0.29) is 12.5 Å². The number of nitrogens with two attached hydrogens (primary N) is 1. The Balaban J connectivity index is 1.67. The van der Waals surface area contributed by atoms with Crippen LogP contribution in [0, 0.1) is 6.92 Å². The zero-order valence-electron chi connectivity index (χ0n) is 13.5. The maximum absolute atomic E-state index is 12.1. The number of hydrogen-bond acceptors (Lipinski definition) is 5. The first kappa shape index (κ1) is 16.3. The fourth-order valence-corrected chi connectivity index (χ4v) is 2.26. The van der Waals surface area contributed by atoms with Gasteiger partial charge in [-0.1, -0.05) is 24.3 Å². The molecule has 0 aliphatic heterocycles. The Morgan fingerprint density at radius 1 is 1.16 bits per heavy atom. The number of aromatic nitrogens is 4. The molecule has 3 rings (SSSR count). The van der Waals surface area contributed by atoms with Crippen LogP contribution in [-0.2, 0) is 11.3 Å². The van der Waals surface area contributed by atoms with Crippen molar-refractivity contribution in [2.75, 3.05) is 5.32 Å². The third-order valence-corrected chi connectivity index (χ3v) is 3.47. The summed E-state index contributed by atoms with van der Waals surface area (Å²) in [6.45, 7) is 1.89. The number of carbonyl (C=O) groups is 2. The van der Waals surface area contributed by atoms with Crippen LogP contribution in [0.1, 0.15) is 15.9 Å². The summed E-state index contributed by atoms with van der Waals surface area (Å²) in [6, 6.07) is 14.0. The van der Waals surface area contributed by atoms with Crippen molar-refractivity contribution in [2.24, 2.45) is 5.73 Å². The highest BCUT2D eigenvalue weighted by Crippen LogP contribution is 2.14. The summed E-state index contributed by atoms with van der Waals surface area (Å²) >= 11 is 0. The SMILES string of the molecule is Cc1cccc(NC(=O)Cn2nnc(-c3ccc(C(N)=O)cc3)n2)c1. The van der Waals surface area contributed by atoms with Gasteiger partial charge < -0.3 is 11.1 Å². The molecule has 2 amide bonds. The van der Waals surface area contributed by atoms with E-state index >= 15 is 0 Å². The van der Waals surface area contributed by atoms with Gasteiger partial charge in [-0.2, -0.15) is 4.80 Å². The van der Waals surface area contributed by atoms with Crippen molar-refractivity contribution >= 4 is 17.5 Å². The molecule has 8 nitrogen and oxygen atoms in total. The van der Waals surface area contributed by atoms with Crippen molar-refractivity contribution in [3.63, 3.8) is 0 Å². The van der Waals surface area contributed by atoms with Crippen molar-refractivity contribution in [1.29, 1.82) is 0 Å². The summed E-state index contributed by atoms with van der Waals surface area (Å²) in [6.07, 6.45) is 0. The summed E-state index contributed by atoms with van der Waals surface area (Å²) in [5.41, 5.74) is 8.05. The van der Waals surface area contributed by atoms with Crippen molar-refractivity contribution in [1.82, 2.24) is 20.2 Å². The van der Waals surface area contributed by atoms with Crippen LogP contribution in [0.2, 0.25) is 0 Å². The Morgan fingerprint density at radius 3 is 2.60 bits per heavy atom. The number of aryl methyl sites for hydroxylation is 1. The fourth-order valence-electron chi connectivity index (χ4n) is 2.26. The highest BCUT2D eigenvalue weighted by molar-refractivity contribution is 5.93. The van der Waals surface area contributed by atoms with Gasteiger partial charge in [-0.15, -0.1) is 10.2 Å². The highest BCUT2D eigenvalue weighted by Gasteiger charge is 2.10. The lowest BCUT2D eigenvalue weighted by atomic mass is 10.1. The number of anilines is 1. The second kappa shape index (κ2) is 6.91. The number of amides is 2. The van der Waals surface area contributed by atoms with Gasteiger partial charge in [0.25, 0.3) is 0 Å². The number of primary amides is 1. The molecule has 25 heavy (non-hydrogen) atoms. The van der Waals surface area contributed by atoms with Crippen molar-refractivity contribution in [2.45, 2.75) is 13.5 Å². The molecule has 0 atom stereocenters. The highest BCUT2D eigenvalue weighted by atomic mass is 16.2. The van der Waals surface area contributed by atoms with Crippen molar-refractivity contribution < 1.29 is 9.59 Å². The van der Waals surface area contributed by atoms with E-state index in [0.717, 1.165) is 5.56 Å². The van der Waals surface area contributed by atoms with E-state index in [0.29, 0.717) is 22.6 Å². The van der Waals surface area contributed by atoms with Gasteiger partial charge in [-0.3, -0.25) is 9.59 Å². The third kappa shape index (κ3) is 4.05. The first-order chi connectivity index (χ1) is 12.0. The lowest BCUT2D eigenvalue weighted by Gasteiger charge is -2.04. The number of nitrogens with one attached hydrogen (secondary N) is 1. The van der Waals surface area contributed by atoms with E-state index in [1.54, 1.807) is 24.3 Å². The van der Waals surface area contributed by atoms with Crippen molar-refractivity contribution in [3.8, 4) is 11.4 Å². The predicted octanol–water partition coefficient (Wildman–Crippen LogP) is 1.39. The number of nitrogens with zero attached hydrogens (tertiary/aromatic N) is 4. The van der Waals surface area contributed by atoms with E-state index in [9.17, 15) is 9.59 Å². The zero-order chi connectivity index (χ0) is 17.8. The van der Waals surface area contributed by atoms with Gasteiger partial charge in [-0.05, 0) is 42.0 Å². The van der Waals surface area contributed by atoms with Crippen LogP contribution in [0.5, 0.6) is 0 Å². The van der Waals surface area contributed by atoms with E-state index in [1.165, 1.54) is 4.80 Å². The molecule has 0 saturated carbocycles. The van der Waals surface area contributed by atoms with E-state index in [2.05, 4.69) is 20.7 Å². The van der Waals surface area contributed by atoms with Crippen LogP contribution in [0.4, 0.5) is 5.69 Å². The average Bonchev–Trinajstić information content (AvgIpc) is 3.03. The van der Waals surface area contributed by atoms with Crippen molar-refractivity contribution in [3.05, 3.63) is 59.7 Å². The van der Waals surface area contributed by atoms with E-state index < -0.39 is 5.91 Å². The molecule has 3 aromatic rings. The van der Waals surface area contributed by atoms with Crippen LogP contribution < -0.4 is 11.1 Å². The average molecular weight is 336 g/mol. The topological polar surface area (TPSA) is 116 Å². The molecule has 126 valence electrons. The van der Waals surface area contributed by atoms with Crippen LogP contribution >= 0.6 is 0 Å². The Morgan fingerprint density at radius 2 is 1.92 bits per heavy atom. The van der Waals surface area contributed by atoms with Crippen LogP contribution in [0.15, 0.2) is 48.5 Å². The van der Waals surface area contributed by atoms with Gasteiger partial charge in [0.15, 0.2) is 0 Å². The number of hydrogen-bond donors (Lipinski definition) is 2.